The second-order valence-electron chi connectivity index (χ2n) is 10.7. The zero-order valence-corrected chi connectivity index (χ0v) is 25.7. The van der Waals surface area contributed by atoms with Gasteiger partial charge in [0.15, 0.2) is 0 Å². The van der Waals surface area contributed by atoms with Gasteiger partial charge >= 0.3 is 6.09 Å². The summed E-state index contributed by atoms with van der Waals surface area (Å²) in [6.45, 7) is 3.84. The molecule has 0 aliphatic rings. The Kier molecular flexibility index (Phi) is 12.5. The summed E-state index contributed by atoms with van der Waals surface area (Å²) in [6, 6.07) is 23.1. The summed E-state index contributed by atoms with van der Waals surface area (Å²) in [4.78, 5) is 26.0. The van der Waals surface area contributed by atoms with Gasteiger partial charge < -0.3 is 26.2 Å². The molecule has 3 aromatic carbocycles. The van der Waals surface area contributed by atoms with Gasteiger partial charge in [0.1, 0.15) is 6.04 Å². The van der Waals surface area contributed by atoms with Gasteiger partial charge in [-0.05, 0) is 54.2 Å². The van der Waals surface area contributed by atoms with E-state index < -0.39 is 40.0 Å². The van der Waals surface area contributed by atoms with E-state index in [1.807, 2.05) is 74.5 Å². The highest BCUT2D eigenvalue weighted by atomic mass is 32.2. The Hall–Kier alpha value is -3.93. The lowest BCUT2D eigenvalue weighted by Gasteiger charge is -2.31. The number of nitrogens with one attached hydrogen (secondary N) is 2. The maximum absolute atomic E-state index is 13.6. The van der Waals surface area contributed by atoms with E-state index in [2.05, 4.69) is 10.6 Å². The van der Waals surface area contributed by atoms with Gasteiger partial charge in [-0.15, -0.1) is 0 Å². The van der Waals surface area contributed by atoms with E-state index in [0.717, 1.165) is 11.1 Å². The third-order valence-corrected chi connectivity index (χ3v) is 8.99. The van der Waals surface area contributed by atoms with Gasteiger partial charge in [-0.2, -0.15) is 4.31 Å². The fraction of sp³-hybridized carbons (Fsp3) is 0.375. The zero-order valence-electron chi connectivity index (χ0n) is 24.8. The first-order chi connectivity index (χ1) is 20.6. The number of methoxy groups -OCH3 is 1. The lowest BCUT2D eigenvalue weighted by molar-refractivity contribution is -0.123. The minimum atomic E-state index is -3.91. The Bertz CT molecular complexity index is 1360. The topological polar surface area (TPSA) is 151 Å². The average molecular weight is 611 g/mol. The Morgan fingerprint density at radius 2 is 1.49 bits per heavy atom. The SMILES string of the molecule is COC(=O)NC(C(=O)NCCCC(CO)N(CC(C)C)S(=O)(=O)c1ccc(N)cc1)C(c1ccccc1)c1ccccc1. The van der Waals surface area contributed by atoms with Crippen LogP contribution in [0.1, 0.15) is 43.7 Å². The number of carbonyl (C=O) groups excluding carboxylic acids is 2. The molecule has 5 N–H and O–H groups in total. The molecule has 0 fully saturated rings. The predicted molar refractivity (Wildman–Crippen MR) is 167 cm³/mol. The first kappa shape index (κ1) is 33.6. The number of nitrogen functional groups attached to an aromatic ring is 1. The number of nitrogens with zero attached hydrogens (tertiary/aromatic N) is 1. The average Bonchev–Trinajstić information content (AvgIpc) is 3.00. The van der Waals surface area contributed by atoms with E-state index in [0.29, 0.717) is 18.5 Å². The van der Waals surface area contributed by atoms with Crippen LogP contribution >= 0.6 is 0 Å². The monoisotopic (exact) mass is 610 g/mol. The molecule has 2 amide bonds. The Morgan fingerprint density at radius 1 is 0.930 bits per heavy atom. The molecule has 43 heavy (non-hydrogen) atoms. The van der Waals surface area contributed by atoms with Crippen LogP contribution in [0.3, 0.4) is 0 Å². The molecular formula is C32H42N4O6S. The van der Waals surface area contributed by atoms with Crippen LogP contribution in [-0.4, -0.2) is 68.7 Å². The van der Waals surface area contributed by atoms with Gasteiger partial charge in [0, 0.05) is 30.7 Å². The van der Waals surface area contributed by atoms with E-state index in [1.54, 1.807) is 0 Å². The molecule has 11 heteroatoms. The molecule has 2 atom stereocenters. The fourth-order valence-electron chi connectivity index (χ4n) is 4.95. The van der Waals surface area contributed by atoms with E-state index in [-0.39, 0.29) is 30.5 Å². The highest BCUT2D eigenvalue weighted by molar-refractivity contribution is 7.89. The number of benzene rings is 3. The molecule has 0 saturated carbocycles. The normalized spacial score (nSPS) is 13.1. The summed E-state index contributed by atoms with van der Waals surface area (Å²) in [5.41, 5.74) is 7.87. The van der Waals surface area contributed by atoms with Crippen LogP contribution in [-0.2, 0) is 19.6 Å². The molecule has 0 spiro atoms. The maximum Gasteiger partial charge on any atom is 0.407 e. The third kappa shape index (κ3) is 9.28. The molecular weight excluding hydrogens is 568 g/mol. The van der Waals surface area contributed by atoms with E-state index in [1.165, 1.54) is 35.7 Å². The molecule has 0 bridgehead atoms. The molecule has 3 aromatic rings. The summed E-state index contributed by atoms with van der Waals surface area (Å²) < 4.78 is 33.2. The van der Waals surface area contributed by atoms with Crippen molar-refractivity contribution in [3.05, 3.63) is 96.1 Å². The predicted octanol–water partition coefficient (Wildman–Crippen LogP) is 3.73. The Morgan fingerprint density at radius 3 is 1.98 bits per heavy atom. The van der Waals surface area contributed by atoms with Crippen molar-refractivity contribution in [3.8, 4) is 0 Å². The summed E-state index contributed by atoms with van der Waals surface area (Å²) in [5, 5.41) is 15.8. The molecule has 0 heterocycles. The van der Waals surface area contributed by atoms with Crippen LogP contribution in [0.15, 0.2) is 89.8 Å². The van der Waals surface area contributed by atoms with Crippen molar-refractivity contribution in [2.75, 3.05) is 32.5 Å². The number of sulfonamides is 1. The zero-order chi connectivity index (χ0) is 31.4. The van der Waals surface area contributed by atoms with Gasteiger partial charge in [0.2, 0.25) is 15.9 Å². The lowest BCUT2D eigenvalue weighted by Crippen LogP contribution is -2.50. The van der Waals surface area contributed by atoms with Crippen LogP contribution in [0, 0.1) is 5.92 Å². The van der Waals surface area contributed by atoms with Crippen LogP contribution in [0.5, 0.6) is 0 Å². The molecule has 0 radical (unpaired) electrons. The van der Waals surface area contributed by atoms with Crippen LogP contribution in [0.2, 0.25) is 0 Å². The highest BCUT2D eigenvalue weighted by Gasteiger charge is 2.34. The molecule has 3 rings (SSSR count). The Balaban J connectivity index is 1.77. The third-order valence-electron chi connectivity index (χ3n) is 7.06. The van der Waals surface area contributed by atoms with Gasteiger partial charge in [-0.1, -0.05) is 74.5 Å². The molecule has 0 aliphatic heterocycles. The van der Waals surface area contributed by atoms with Crippen molar-refractivity contribution in [2.24, 2.45) is 5.92 Å². The van der Waals surface area contributed by atoms with Crippen molar-refractivity contribution in [1.29, 1.82) is 0 Å². The van der Waals surface area contributed by atoms with Crippen molar-refractivity contribution >= 4 is 27.7 Å². The van der Waals surface area contributed by atoms with Crippen molar-refractivity contribution in [1.82, 2.24) is 14.9 Å². The van der Waals surface area contributed by atoms with E-state index in [9.17, 15) is 23.1 Å². The second kappa shape index (κ2) is 16.1. The number of rotatable bonds is 15. The minimum Gasteiger partial charge on any atom is -0.453 e. The molecule has 2 unspecified atom stereocenters. The summed E-state index contributed by atoms with van der Waals surface area (Å²) in [6.07, 6.45) is -0.0579. The molecule has 0 saturated heterocycles. The number of aliphatic hydroxyl groups excluding tert-OH is 1. The molecule has 0 aliphatic carbocycles. The van der Waals surface area contributed by atoms with Crippen molar-refractivity contribution in [3.63, 3.8) is 0 Å². The highest BCUT2D eigenvalue weighted by Crippen LogP contribution is 2.29. The number of nitrogens with two attached hydrogens (primary N) is 1. The number of hydrogen-bond donors (Lipinski definition) is 4. The summed E-state index contributed by atoms with van der Waals surface area (Å²) in [5.74, 6) is -0.911. The van der Waals surface area contributed by atoms with Crippen molar-refractivity contribution < 1.29 is 27.9 Å². The van der Waals surface area contributed by atoms with Crippen LogP contribution in [0.4, 0.5) is 10.5 Å². The van der Waals surface area contributed by atoms with Crippen LogP contribution < -0.4 is 16.4 Å². The first-order valence-electron chi connectivity index (χ1n) is 14.3. The van der Waals surface area contributed by atoms with Gasteiger partial charge in [-0.3, -0.25) is 4.79 Å². The quantitative estimate of drug-likeness (QED) is 0.151. The number of ether oxygens (including phenoxy) is 1. The molecule has 0 aromatic heterocycles. The second-order valence-corrected chi connectivity index (χ2v) is 12.6. The number of alkyl carbamates (subject to hydrolysis) is 1. The van der Waals surface area contributed by atoms with Gasteiger partial charge in [-0.25, -0.2) is 13.2 Å². The summed E-state index contributed by atoms with van der Waals surface area (Å²) >= 11 is 0. The fourth-order valence-corrected chi connectivity index (χ4v) is 6.76. The maximum atomic E-state index is 13.6. The van der Waals surface area contributed by atoms with Gasteiger partial charge in [0.25, 0.3) is 0 Å². The van der Waals surface area contributed by atoms with Crippen molar-refractivity contribution in [2.45, 2.75) is 49.6 Å². The van der Waals surface area contributed by atoms with E-state index >= 15 is 0 Å². The largest absolute Gasteiger partial charge is 0.453 e. The summed E-state index contributed by atoms with van der Waals surface area (Å²) in [7, 11) is -2.67. The lowest BCUT2D eigenvalue weighted by atomic mass is 9.84. The minimum absolute atomic E-state index is 0.00960. The smallest absolute Gasteiger partial charge is 0.407 e. The number of carbonyl (C=O) groups is 2. The number of aliphatic hydroxyl groups is 1. The number of hydrogen-bond acceptors (Lipinski definition) is 7. The van der Waals surface area contributed by atoms with E-state index in [4.69, 9.17) is 10.5 Å². The number of amides is 2. The first-order valence-corrected chi connectivity index (χ1v) is 15.7. The molecule has 232 valence electrons. The Labute approximate surface area is 254 Å². The van der Waals surface area contributed by atoms with Gasteiger partial charge in [0.05, 0.1) is 18.6 Å². The number of anilines is 1. The van der Waals surface area contributed by atoms with Crippen LogP contribution in [0.25, 0.3) is 0 Å². The standard InChI is InChI=1S/C32H42N4O6S/c1-23(2)21-36(43(40,41)28-18-16-26(33)17-19-28)27(22-37)15-10-20-34-31(38)30(35-32(39)42-3)29(24-11-6-4-7-12-24)25-13-8-5-9-14-25/h4-9,11-14,16-19,23,27,29-30,37H,10,15,20-22,33H2,1-3H3,(H,34,38)(H,35,39). The molecule has 10 nitrogen and oxygen atoms in total.